The molecule has 0 saturated heterocycles. The molecule has 1 nitrogen and oxygen atoms in total. The zero-order chi connectivity index (χ0) is 12.7. The number of rotatable bonds is 1. The molecule has 3 aromatic rings. The molecule has 0 saturated carbocycles. The monoisotopic (exact) mass is 269 g/mol. The molecule has 0 N–H and O–H groups in total. The zero-order valence-electron chi connectivity index (χ0n) is 9.77. The van der Waals surface area contributed by atoms with Gasteiger partial charge in [-0.05, 0) is 24.1 Å². The minimum atomic E-state index is 0.552. The molecule has 2 aromatic carbocycles. The fourth-order valence-electron chi connectivity index (χ4n) is 2.01. The summed E-state index contributed by atoms with van der Waals surface area (Å²) in [5, 5.41) is 1.55. The predicted octanol–water partition coefficient (Wildman–Crippen LogP) is 3.72. The van der Waals surface area contributed by atoms with E-state index in [0.29, 0.717) is 10.5 Å². The van der Waals surface area contributed by atoms with Crippen LogP contribution in [0.1, 0.15) is 5.01 Å². The summed E-state index contributed by atoms with van der Waals surface area (Å²) in [5.74, 6) is 0. The molecule has 0 aliphatic heterocycles. The summed E-state index contributed by atoms with van der Waals surface area (Å²) in [5.41, 5.74) is 3.44. The molecular formula is C14H9BClNS. The van der Waals surface area contributed by atoms with Crippen LogP contribution in [0.2, 0.25) is 5.02 Å². The Labute approximate surface area is 116 Å². The minimum Gasteiger partial charge on any atom is -0.240 e. The van der Waals surface area contributed by atoms with E-state index in [1.165, 1.54) is 0 Å². The second-order valence-electron chi connectivity index (χ2n) is 4.10. The summed E-state index contributed by atoms with van der Waals surface area (Å²) in [6, 6.07) is 12.1. The summed E-state index contributed by atoms with van der Waals surface area (Å²) in [7, 11) is 6.12. The quantitative estimate of drug-likeness (QED) is 0.614. The number of fused-ring (bicyclic) bond motifs is 1. The first-order valence-corrected chi connectivity index (χ1v) is 6.77. The van der Waals surface area contributed by atoms with E-state index in [4.69, 9.17) is 19.4 Å². The Morgan fingerprint density at radius 1 is 1.22 bits per heavy atom. The lowest BCUT2D eigenvalue weighted by atomic mass is 9.87. The van der Waals surface area contributed by atoms with Crippen molar-refractivity contribution in [1.82, 2.24) is 4.98 Å². The molecule has 4 heteroatoms. The molecule has 0 atom stereocenters. The lowest BCUT2D eigenvalue weighted by Gasteiger charge is -2.08. The zero-order valence-corrected chi connectivity index (χ0v) is 11.3. The van der Waals surface area contributed by atoms with Crippen molar-refractivity contribution in [3.8, 4) is 11.1 Å². The highest BCUT2D eigenvalue weighted by molar-refractivity contribution is 7.18. The van der Waals surface area contributed by atoms with Gasteiger partial charge in [0, 0.05) is 0 Å². The van der Waals surface area contributed by atoms with E-state index in [1.54, 1.807) is 11.3 Å². The summed E-state index contributed by atoms with van der Waals surface area (Å²) in [6.07, 6.45) is 0. The molecule has 0 fully saturated rings. The standard InChI is InChI=1S/C14H9BClNS/c1-8-17-14-11(18-8)7-10(12(15)13(14)16)9-5-3-2-4-6-9/h2-7H,1H3. The Morgan fingerprint density at radius 2 is 1.94 bits per heavy atom. The normalized spacial score (nSPS) is 11.0. The number of hydrogen-bond acceptors (Lipinski definition) is 2. The van der Waals surface area contributed by atoms with Crippen molar-refractivity contribution in [3.05, 3.63) is 46.4 Å². The molecule has 0 amide bonds. The van der Waals surface area contributed by atoms with Crippen LogP contribution in [0.15, 0.2) is 36.4 Å². The molecule has 2 radical (unpaired) electrons. The predicted molar refractivity (Wildman–Crippen MR) is 80.2 cm³/mol. The second-order valence-corrected chi connectivity index (χ2v) is 5.71. The van der Waals surface area contributed by atoms with Crippen molar-refractivity contribution < 1.29 is 0 Å². The maximum atomic E-state index is 6.31. The van der Waals surface area contributed by atoms with Crippen LogP contribution in [-0.2, 0) is 0 Å². The minimum absolute atomic E-state index is 0.552. The number of thiazole rings is 1. The fourth-order valence-corrected chi connectivity index (χ4v) is 3.19. The molecule has 0 spiro atoms. The van der Waals surface area contributed by atoms with Gasteiger partial charge in [0.2, 0.25) is 0 Å². The maximum Gasteiger partial charge on any atom is 0.116 e. The molecular weight excluding hydrogens is 260 g/mol. The molecule has 0 unspecified atom stereocenters. The van der Waals surface area contributed by atoms with E-state index in [0.717, 1.165) is 26.4 Å². The molecule has 1 aromatic heterocycles. The number of halogens is 1. The number of nitrogens with zero attached hydrogens (tertiary/aromatic N) is 1. The van der Waals surface area contributed by atoms with Gasteiger partial charge in [-0.2, -0.15) is 0 Å². The lowest BCUT2D eigenvalue weighted by Crippen LogP contribution is -2.08. The van der Waals surface area contributed by atoms with E-state index in [-0.39, 0.29) is 0 Å². The van der Waals surface area contributed by atoms with E-state index >= 15 is 0 Å². The second kappa shape index (κ2) is 4.41. The molecule has 18 heavy (non-hydrogen) atoms. The summed E-state index contributed by atoms with van der Waals surface area (Å²) >= 11 is 7.95. The highest BCUT2D eigenvalue weighted by Crippen LogP contribution is 2.31. The third-order valence-corrected chi connectivity index (χ3v) is 4.16. The first-order valence-electron chi connectivity index (χ1n) is 5.57. The summed E-state index contributed by atoms with van der Waals surface area (Å²) in [4.78, 5) is 4.41. The van der Waals surface area contributed by atoms with Crippen molar-refractivity contribution in [1.29, 1.82) is 0 Å². The van der Waals surface area contributed by atoms with Crippen LogP contribution >= 0.6 is 22.9 Å². The topological polar surface area (TPSA) is 12.9 Å². The smallest absolute Gasteiger partial charge is 0.116 e. The third-order valence-electron chi connectivity index (χ3n) is 2.86. The SMILES string of the molecule is [B]c1c(-c2ccccc2)cc2sc(C)nc2c1Cl. The van der Waals surface area contributed by atoms with Crippen LogP contribution in [0.3, 0.4) is 0 Å². The number of aryl methyl sites for hydroxylation is 1. The maximum absolute atomic E-state index is 6.31. The molecule has 1 heterocycles. The fraction of sp³-hybridized carbons (Fsp3) is 0.0714. The first-order chi connectivity index (χ1) is 8.66. The Kier molecular flexibility index (Phi) is 2.88. The largest absolute Gasteiger partial charge is 0.240 e. The first kappa shape index (κ1) is 11.8. The lowest BCUT2D eigenvalue weighted by molar-refractivity contribution is 1.35. The Bertz CT molecular complexity index is 721. The van der Waals surface area contributed by atoms with Crippen LogP contribution in [0, 0.1) is 6.92 Å². The van der Waals surface area contributed by atoms with Crippen LogP contribution in [-0.4, -0.2) is 12.8 Å². The van der Waals surface area contributed by atoms with Crippen molar-refractivity contribution >= 4 is 46.5 Å². The van der Waals surface area contributed by atoms with Crippen molar-refractivity contribution in [2.75, 3.05) is 0 Å². The van der Waals surface area contributed by atoms with Crippen LogP contribution < -0.4 is 5.46 Å². The van der Waals surface area contributed by atoms with Crippen molar-refractivity contribution in [2.45, 2.75) is 6.92 Å². The van der Waals surface area contributed by atoms with Gasteiger partial charge in [-0.25, -0.2) is 4.98 Å². The molecule has 0 aliphatic carbocycles. The van der Waals surface area contributed by atoms with Crippen LogP contribution in [0.5, 0.6) is 0 Å². The molecule has 86 valence electrons. The van der Waals surface area contributed by atoms with Crippen molar-refractivity contribution in [2.24, 2.45) is 0 Å². The van der Waals surface area contributed by atoms with Gasteiger partial charge in [-0.1, -0.05) is 47.4 Å². The van der Waals surface area contributed by atoms with Gasteiger partial charge < -0.3 is 0 Å². The summed E-state index contributed by atoms with van der Waals surface area (Å²) < 4.78 is 1.07. The van der Waals surface area contributed by atoms with E-state index in [2.05, 4.69) is 11.1 Å². The van der Waals surface area contributed by atoms with Crippen molar-refractivity contribution in [3.63, 3.8) is 0 Å². The number of hydrogen-bond donors (Lipinski definition) is 0. The van der Waals surface area contributed by atoms with Gasteiger partial charge >= 0.3 is 0 Å². The third kappa shape index (κ3) is 1.84. The number of aromatic nitrogens is 1. The Morgan fingerprint density at radius 3 is 2.67 bits per heavy atom. The molecule has 0 bridgehead atoms. The highest BCUT2D eigenvalue weighted by Gasteiger charge is 2.12. The van der Waals surface area contributed by atoms with E-state index in [9.17, 15) is 0 Å². The van der Waals surface area contributed by atoms with Gasteiger partial charge in [0.25, 0.3) is 0 Å². The Hall–Kier alpha value is -1.32. The molecule has 0 aliphatic rings. The number of benzene rings is 2. The Balaban J connectivity index is 2.34. The average Bonchev–Trinajstić information content (AvgIpc) is 2.76. The van der Waals surface area contributed by atoms with Gasteiger partial charge in [-0.3, -0.25) is 0 Å². The van der Waals surface area contributed by atoms with Crippen LogP contribution in [0.4, 0.5) is 0 Å². The van der Waals surface area contributed by atoms with Gasteiger partial charge in [0.1, 0.15) is 7.85 Å². The van der Waals surface area contributed by atoms with Gasteiger partial charge in [0.15, 0.2) is 0 Å². The molecule has 3 rings (SSSR count). The summed E-state index contributed by atoms with van der Waals surface area (Å²) in [6.45, 7) is 1.97. The van der Waals surface area contributed by atoms with Gasteiger partial charge in [-0.15, -0.1) is 11.3 Å². The van der Waals surface area contributed by atoms with E-state index < -0.39 is 0 Å². The average molecular weight is 270 g/mol. The van der Waals surface area contributed by atoms with Crippen LogP contribution in [0.25, 0.3) is 21.3 Å². The van der Waals surface area contributed by atoms with Gasteiger partial charge in [0.05, 0.1) is 20.2 Å². The highest BCUT2D eigenvalue weighted by atomic mass is 35.5. The van der Waals surface area contributed by atoms with E-state index in [1.807, 2.05) is 37.3 Å².